The van der Waals surface area contributed by atoms with Crippen LogP contribution in [-0.4, -0.2) is 28.6 Å². The molecule has 0 bridgehead atoms. The molecule has 2 aliphatic carbocycles. The minimum atomic E-state index is -0.109. The summed E-state index contributed by atoms with van der Waals surface area (Å²) in [6.45, 7) is 4.33. The summed E-state index contributed by atoms with van der Waals surface area (Å²) in [6.07, 6.45) is 3.57. The zero-order valence-electron chi connectivity index (χ0n) is 8.21. The molecule has 3 heteroatoms. The quantitative estimate of drug-likeness (QED) is 0.644. The molecule has 0 aromatic heterocycles. The van der Waals surface area contributed by atoms with Gasteiger partial charge in [0.15, 0.2) is 0 Å². The van der Waals surface area contributed by atoms with Crippen molar-refractivity contribution in [3.8, 4) is 0 Å². The molecular formula is C10H16N2O. The number of hydrogen-bond acceptors (Lipinski definition) is 2. The average Bonchev–Trinajstić information content (AvgIpc) is 2.91. The van der Waals surface area contributed by atoms with E-state index in [2.05, 4.69) is 24.1 Å². The Morgan fingerprint density at radius 1 is 1.46 bits per heavy atom. The lowest BCUT2D eigenvalue weighted by atomic mass is 10.2. The van der Waals surface area contributed by atoms with Crippen LogP contribution >= 0.6 is 0 Å². The molecule has 1 amide bonds. The predicted octanol–water partition coefficient (Wildman–Crippen LogP) is 0.705. The van der Waals surface area contributed by atoms with E-state index in [0.717, 1.165) is 18.8 Å². The first-order chi connectivity index (χ1) is 6.14. The van der Waals surface area contributed by atoms with Crippen molar-refractivity contribution in [3.05, 3.63) is 0 Å². The zero-order valence-corrected chi connectivity index (χ0v) is 8.21. The highest BCUT2D eigenvalue weighted by Gasteiger charge is 2.61. The lowest BCUT2D eigenvalue weighted by Gasteiger charge is -2.20. The first kappa shape index (κ1) is 7.80. The highest BCUT2D eigenvalue weighted by molar-refractivity contribution is 5.92. The van der Waals surface area contributed by atoms with Crippen molar-refractivity contribution < 1.29 is 4.79 Å². The van der Waals surface area contributed by atoms with E-state index in [9.17, 15) is 4.79 Å². The van der Waals surface area contributed by atoms with Crippen LogP contribution in [-0.2, 0) is 4.79 Å². The van der Waals surface area contributed by atoms with Crippen molar-refractivity contribution in [2.45, 2.75) is 50.9 Å². The Morgan fingerprint density at radius 3 is 2.46 bits per heavy atom. The molecule has 3 aliphatic rings. The van der Waals surface area contributed by atoms with Gasteiger partial charge in [-0.2, -0.15) is 0 Å². The third-order valence-corrected chi connectivity index (χ3v) is 3.72. The van der Waals surface area contributed by atoms with Gasteiger partial charge in [0, 0.05) is 6.04 Å². The van der Waals surface area contributed by atoms with Gasteiger partial charge in [0.2, 0.25) is 5.91 Å². The minimum Gasteiger partial charge on any atom is -0.323 e. The Kier molecular flexibility index (Phi) is 1.25. The number of nitrogens with zero attached hydrogens (tertiary/aromatic N) is 1. The average molecular weight is 180 g/mol. The summed E-state index contributed by atoms with van der Waals surface area (Å²) in [5.41, 5.74) is -0.109. The first-order valence-corrected chi connectivity index (χ1v) is 5.24. The van der Waals surface area contributed by atoms with Crippen molar-refractivity contribution in [1.29, 1.82) is 0 Å². The monoisotopic (exact) mass is 180 g/mol. The molecule has 1 saturated heterocycles. The Balaban J connectivity index is 1.84. The fourth-order valence-corrected chi connectivity index (χ4v) is 2.57. The van der Waals surface area contributed by atoms with Crippen LogP contribution in [0, 0.1) is 5.92 Å². The summed E-state index contributed by atoms with van der Waals surface area (Å²) in [6, 6.07) is 0.537. The number of rotatable bonds is 1. The van der Waals surface area contributed by atoms with Crippen LogP contribution in [0.1, 0.15) is 33.1 Å². The second-order valence-corrected chi connectivity index (χ2v) is 4.90. The molecule has 3 fully saturated rings. The van der Waals surface area contributed by atoms with Crippen molar-refractivity contribution in [2.24, 2.45) is 5.92 Å². The molecule has 0 aromatic carbocycles. The third kappa shape index (κ3) is 0.909. The topological polar surface area (TPSA) is 32.3 Å². The largest absolute Gasteiger partial charge is 0.323 e. The Labute approximate surface area is 78.5 Å². The SMILES string of the molecule is CC1CC1N1C(=O)C2(CC2)NC1C. The fourth-order valence-electron chi connectivity index (χ4n) is 2.57. The number of nitrogens with one attached hydrogen (secondary N) is 1. The molecule has 72 valence electrons. The highest BCUT2D eigenvalue weighted by Crippen LogP contribution is 2.47. The smallest absolute Gasteiger partial charge is 0.244 e. The van der Waals surface area contributed by atoms with Crippen molar-refractivity contribution >= 4 is 5.91 Å². The molecule has 0 aromatic rings. The maximum atomic E-state index is 12.0. The van der Waals surface area contributed by atoms with E-state index in [4.69, 9.17) is 0 Å². The number of hydrogen-bond donors (Lipinski definition) is 1. The molecule has 1 heterocycles. The van der Waals surface area contributed by atoms with Gasteiger partial charge in [-0.15, -0.1) is 0 Å². The summed E-state index contributed by atoms with van der Waals surface area (Å²) in [7, 11) is 0. The van der Waals surface area contributed by atoms with Crippen molar-refractivity contribution in [1.82, 2.24) is 10.2 Å². The summed E-state index contributed by atoms with van der Waals surface area (Å²) >= 11 is 0. The molecule has 3 nitrogen and oxygen atoms in total. The maximum Gasteiger partial charge on any atom is 0.244 e. The van der Waals surface area contributed by atoms with Crippen molar-refractivity contribution in [3.63, 3.8) is 0 Å². The molecule has 1 N–H and O–H groups in total. The Bertz CT molecular complexity index is 272. The highest BCUT2D eigenvalue weighted by atomic mass is 16.2. The number of carbonyl (C=O) groups excluding carboxylic acids is 1. The van der Waals surface area contributed by atoms with Crippen LogP contribution in [0.4, 0.5) is 0 Å². The van der Waals surface area contributed by atoms with E-state index in [1.165, 1.54) is 6.42 Å². The van der Waals surface area contributed by atoms with Crippen LogP contribution in [0.2, 0.25) is 0 Å². The molecule has 1 aliphatic heterocycles. The second-order valence-electron chi connectivity index (χ2n) is 4.90. The molecule has 13 heavy (non-hydrogen) atoms. The van der Waals surface area contributed by atoms with Crippen LogP contribution in [0.3, 0.4) is 0 Å². The summed E-state index contributed by atoms with van der Waals surface area (Å²) in [5, 5.41) is 3.42. The van der Waals surface area contributed by atoms with E-state index < -0.39 is 0 Å². The van der Waals surface area contributed by atoms with Gasteiger partial charge in [-0.1, -0.05) is 6.92 Å². The molecule has 0 radical (unpaired) electrons. The molecule has 3 unspecified atom stereocenters. The van der Waals surface area contributed by atoms with E-state index in [0.29, 0.717) is 11.9 Å². The fraction of sp³-hybridized carbons (Fsp3) is 0.900. The molecule has 3 rings (SSSR count). The zero-order chi connectivity index (χ0) is 9.22. The van der Waals surface area contributed by atoms with E-state index in [-0.39, 0.29) is 11.7 Å². The van der Waals surface area contributed by atoms with Gasteiger partial charge >= 0.3 is 0 Å². The summed E-state index contributed by atoms with van der Waals surface area (Å²) in [4.78, 5) is 14.1. The van der Waals surface area contributed by atoms with Crippen LogP contribution in [0.15, 0.2) is 0 Å². The van der Waals surface area contributed by atoms with Crippen LogP contribution < -0.4 is 5.32 Å². The molecule has 1 spiro atoms. The number of amides is 1. The third-order valence-electron chi connectivity index (χ3n) is 3.72. The van der Waals surface area contributed by atoms with Crippen LogP contribution in [0.5, 0.6) is 0 Å². The van der Waals surface area contributed by atoms with Gasteiger partial charge in [0.25, 0.3) is 0 Å². The lowest BCUT2D eigenvalue weighted by molar-refractivity contribution is -0.131. The van der Waals surface area contributed by atoms with Gasteiger partial charge in [-0.05, 0) is 32.1 Å². The summed E-state index contributed by atoms with van der Waals surface area (Å²) < 4.78 is 0. The first-order valence-electron chi connectivity index (χ1n) is 5.24. The minimum absolute atomic E-state index is 0.109. The lowest BCUT2D eigenvalue weighted by Crippen LogP contribution is -2.37. The van der Waals surface area contributed by atoms with Gasteiger partial charge in [0.05, 0.1) is 11.7 Å². The normalized spacial score (nSPS) is 45.8. The molecule has 3 atom stereocenters. The van der Waals surface area contributed by atoms with Gasteiger partial charge < -0.3 is 4.90 Å². The molecular weight excluding hydrogens is 164 g/mol. The van der Waals surface area contributed by atoms with Gasteiger partial charge in [0.1, 0.15) is 0 Å². The summed E-state index contributed by atoms with van der Waals surface area (Å²) in [5.74, 6) is 1.09. The number of carbonyl (C=O) groups is 1. The standard InChI is InChI=1S/C10H16N2O/c1-6-5-8(6)12-7(2)11-10(3-4-10)9(12)13/h6-8,11H,3-5H2,1-2H3. The van der Waals surface area contributed by atoms with Crippen molar-refractivity contribution in [2.75, 3.05) is 0 Å². The molecule has 2 saturated carbocycles. The second kappa shape index (κ2) is 2.08. The van der Waals surface area contributed by atoms with E-state index in [1.54, 1.807) is 0 Å². The Hall–Kier alpha value is -0.570. The Morgan fingerprint density at radius 2 is 2.08 bits per heavy atom. The predicted molar refractivity (Wildman–Crippen MR) is 49.0 cm³/mol. The van der Waals surface area contributed by atoms with Gasteiger partial charge in [-0.25, -0.2) is 0 Å². The maximum absolute atomic E-state index is 12.0. The van der Waals surface area contributed by atoms with E-state index in [1.807, 2.05) is 0 Å². The van der Waals surface area contributed by atoms with E-state index >= 15 is 0 Å². The van der Waals surface area contributed by atoms with Crippen LogP contribution in [0.25, 0.3) is 0 Å². The van der Waals surface area contributed by atoms with Gasteiger partial charge in [-0.3, -0.25) is 10.1 Å².